The highest BCUT2D eigenvalue weighted by Crippen LogP contribution is 2.27. The van der Waals surface area contributed by atoms with E-state index in [-0.39, 0.29) is 10.8 Å². The number of phenolic OH excluding ortho intramolecular Hbond substituents is 1. The largest absolute Gasteiger partial charge is 0.506 e. The van der Waals surface area contributed by atoms with Crippen molar-refractivity contribution in [3.05, 3.63) is 28.8 Å². The highest BCUT2D eigenvalue weighted by molar-refractivity contribution is 6.32. The monoisotopic (exact) mass is 215 g/mol. The molecule has 0 heterocycles. The first kappa shape index (κ1) is 10.8. The molecular formula is C9H10ClNO3. The summed E-state index contributed by atoms with van der Waals surface area (Å²) in [6.45, 7) is 0. The molecule has 1 rings (SSSR count). The summed E-state index contributed by atoms with van der Waals surface area (Å²) in [6, 6.07) is 4.35. The first-order valence-electron chi connectivity index (χ1n) is 3.86. The number of halogens is 1. The van der Waals surface area contributed by atoms with Crippen molar-refractivity contribution in [3.8, 4) is 5.75 Å². The molecule has 1 atom stereocenters. The SMILES string of the molecule is COC(C(N)=O)c1ccc(O)c(Cl)c1. The fraction of sp³-hybridized carbons (Fsp3) is 0.222. The number of benzene rings is 1. The molecule has 14 heavy (non-hydrogen) atoms. The second-order valence-electron chi connectivity index (χ2n) is 2.73. The molecule has 0 spiro atoms. The molecule has 0 radical (unpaired) electrons. The summed E-state index contributed by atoms with van der Waals surface area (Å²) in [5, 5.41) is 9.31. The fourth-order valence-corrected chi connectivity index (χ4v) is 1.29. The first-order valence-corrected chi connectivity index (χ1v) is 4.24. The Morgan fingerprint density at radius 2 is 2.29 bits per heavy atom. The van der Waals surface area contributed by atoms with Crippen LogP contribution < -0.4 is 5.73 Å². The lowest BCUT2D eigenvalue weighted by Gasteiger charge is -2.12. The number of methoxy groups -OCH3 is 1. The van der Waals surface area contributed by atoms with E-state index in [2.05, 4.69) is 0 Å². The van der Waals surface area contributed by atoms with Crippen LogP contribution in [0.4, 0.5) is 0 Å². The van der Waals surface area contributed by atoms with Gasteiger partial charge in [0.05, 0.1) is 5.02 Å². The zero-order valence-electron chi connectivity index (χ0n) is 7.53. The van der Waals surface area contributed by atoms with Crippen molar-refractivity contribution in [2.24, 2.45) is 5.73 Å². The van der Waals surface area contributed by atoms with Crippen molar-refractivity contribution in [3.63, 3.8) is 0 Å². The molecule has 1 unspecified atom stereocenters. The van der Waals surface area contributed by atoms with Crippen molar-refractivity contribution < 1.29 is 14.6 Å². The molecule has 0 aromatic heterocycles. The third-order valence-electron chi connectivity index (χ3n) is 1.77. The van der Waals surface area contributed by atoms with Crippen molar-refractivity contribution in [1.29, 1.82) is 0 Å². The summed E-state index contributed by atoms with van der Waals surface area (Å²) in [5.74, 6) is -0.649. The predicted octanol–water partition coefficient (Wildman–Crippen LogP) is 1.22. The second kappa shape index (κ2) is 4.30. The van der Waals surface area contributed by atoms with Crippen LogP contribution in [-0.2, 0) is 9.53 Å². The summed E-state index contributed by atoms with van der Waals surface area (Å²) in [5.41, 5.74) is 5.61. The molecule has 0 aliphatic heterocycles. The molecule has 5 heteroatoms. The van der Waals surface area contributed by atoms with E-state index in [1.165, 1.54) is 25.3 Å². The van der Waals surface area contributed by atoms with Gasteiger partial charge < -0.3 is 15.6 Å². The van der Waals surface area contributed by atoms with Gasteiger partial charge >= 0.3 is 0 Å². The van der Waals surface area contributed by atoms with Crippen LogP contribution in [0, 0.1) is 0 Å². The van der Waals surface area contributed by atoms with Crippen molar-refractivity contribution >= 4 is 17.5 Å². The number of aromatic hydroxyl groups is 1. The third-order valence-corrected chi connectivity index (χ3v) is 2.07. The molecule has 1 amide bonds. The number of amides is 1. The minimum absolute atomic E-state index is 0.0465. The molecule has 0 aliphatic carbocycles. The molecule has 0 aliphatic rings. The number of hydrogen-bond acceptors (Lipinski definition) is 3. The Morgan fingerprint density at radius 1 is 1.64 bits per heavy atom. The molecule has 3 N–H and O–H groups in total. The zero-order valence-corrected chi connectivity index (χ0v) is 8.28. The van der Waals surface area contributed by atoms with Crippen LogP contribution in [0.5, 0.6) is 5.75 Å². The van der Waals surface area contributed by atoms with E-state index in [4.69, 9.17) is 27.2 Å². The number of carbonyl (C=O) groups is 1. The predicted molar refractivity (Wildman–Crippen MR) is 52.1 cm³/mol. The summed E-state index contributed by atoms with van der Waals surface area (Å²) in [6.07, 6.45) is -0.840. The maximum atomic E-state index is 10.9. The van der Waals surface area contributed by atoms with E-state index in [0.717, 1.165) is 0 Å². The van der Waals surface area contributed by atoms with Gasteiger partial charge in [0.1, 0.15) is 5.75 Å². The second-order valence-corrected chi connectivity index (χ2v) is 3.14. The summed E-state index contributed by atoms with van der Waals surface area (Å²) in [7, 11) is 1.37. The van der Waals surface area contributed by atoms with Crippen LogP contribution in [0.25, 0.3) is 0 Å². The van der Waals surface area contributed by atoms with Gasteiger partial charge in [-0.2, -0.15) is 0 Å². The molecule has 0 saturated heterocycles. The van der Waals surface area contributed by atoms with E-state index < -0.39 is 12.0 Å². The number of primary amides is 1. The molecule has 0 fully saturated rings. The van der Waals surface area contributed by atoms with Crippen LogP contribution in [0.15, 0.2) is 18.2 Å². The van der Waals surface area contributed by atoms with Gasteiger partial charge in [-0.25, -0.2) is 0 Å². The molecule has 4 nitrogen and oxygen atoms in total. The van der Waals surface area contributed by atoms with E-state index in [1.807, 2.05) is 0 Å². The Morgan fingerprint density at radius 3 is 2.71 bits per heavy atom. The van der Waals surface area contributed by atoms with E-state index >= 15 is 0 Å². The van der Waals surface area contributed by atoms with Gasteiger partial charge in [-0.1, -0.05) is 17.7 Å². The third kappa shape index (κ3) is 2.16. The average Bonchev–Trinajstić information content (AvgIpc) is 2.11. The molecule has 76 valence electrons. The van der Waals surface area contributed by atoms with Crippen molar-refractivity contribution in [2.45, 2.75) is 6.10 Å². The molecular weight excluding hydrogens is 206 g/mol. The number of phenols is 1. The van der Waals surface area contributed by atoms with Crippen LogP contribution >= 0.6 is 11.6 Å². The Bertz CT molecular complexity index is 354. The smallest absolute Gasteiger partial charge is 0.251 e. The number of ether oxygens (including phenoxy) is 1. The quantitative estimate of drug-likeness (QED) is 0.796. The number of nitrogens with two attached hydrogens (primary N) is 1. The van der Waals surface area contributed by atoms with Crippen molar-refractivity contribution in [2.75, 3.05) is 7.11 Å². The summed E-state index contributed by atoms with van der Waals surface area (Å²) >= 11 is 5.66. The highest BCUT2D eigenvalue weighted by Gasteiger charge is 2.17. The van der Waals surface area contributed by atoms with Crippen molar-refractivity contribution in [1.82, 2.24) is 0 Å². The van der Waals surface area contributed by atoms with E-state index in [9.17, 15) is 4.79 Å². The summed E-state index contributed by atoms with van der Waals surface area (Å²) in [4.78, 5) is 10.9. The number of rotatable bonds is 3. The number of hydrogen-bond donors (Lipinski definition) is 2. The van der Waals surface area contributed by atoms with Crippen LogP contribution in [0.1, 0.15) is 11.7 Å². The van der Waals surface area contributed by atoms with Gasteiger partial charge in [-0.3, -0.25) is 4.79 Å². The first-order chi connectivity index (χ1) is 6.56. The Labute approximate surface area is 86.2 Å². The highest BCUT2D eigenvalue weighted by atomic mass is 35.5. The maximum absolute atomic E-state index is 10.9. The molecule has 1 aromatic carbocycles. The Kier molecular flexibility index (Phi) is 3.33. The lowest BCUT2D eigenvalue weighted by Crippen LogP contribution is -2.22. The van der Waals surface area contributed by atoms with Gasteiger partial charge in [0.2, 0.25) is 0 Å². The minimum Gasteiger partial charge on any atom is -0.506 e. The van der Waals surface area contributed by atoms with Crippen LogP contribution in [0.2, 0.25) is 5.02 Å². The van der Waals surface area contributed by atoms with Gasteiger partial charge in [0.15, 0.2) is 6.10 Å². The zero-order chi connectivity index (χ0) is 10.7. The molecule has 0 bridgehead atoms. The van der Waals surface area contributed by atoms with Crippen LogP contribution in [0.3, 0.4) is 0 Å². The molecule has 1 aromatic rings. The Hall–Kier alpha value is -1.26. The standard InChI is InChI=1S/C9H10ClNO3/c1-14-8(9(11)13)5-2-3-7(12)6(10)4-5/h2-4,8,12H,1H3,(H2,11,13). The lowest BCUT2D eigenvalue weighted by atomic mass is 10.1. The summed E-state index contributed by atoms with van der Waals surface area (Å²) < 4.78 is 4.88. The normalized spacial score (nSPS) is 12.4. The molecule has 0 saturated carbocycles. The average molecular weight is 216 g/mol. The van der Waals surface area contributed by atoms with Gasteiger partial charge in [0.25, 0.3) is 5.91 Å². The number of carbonyl (C=O) groups excluding carboxylic acids is 1. The minimum atomic E-state index is -0.840. The van der Waals surface area contributed by atoms with Gasteiger partial charge in [-0.05, 0) is 17.7 Å². The Balaban J connectivity index is 3.06. The van der Waals surface area contributed by atoms with E-state index in [0.29, 0.717) is 5.56 Å². The lowest BCUT2D eigenvalue weighted by molar-refractivity contribution is -0.128. The topological polar surface area (TPSA) is 72.5 Å². The van der Waals surface area contributed by atoms with Crippen LogP contribution in [-0.4, -0.2) is 18.1 Å². The fourth-order valence-electron chi connectivity index (χ4n) is 1.10. The maximum Gasteiger partial charge on any atom is 0.251 e. The van der Waals surface area contributed by atoms with E-state index in [1.54, 1.807) is 0 Å². The van der Waals surface area contributed by atoms with Gasteiger partial charge in [-0.15, -0.1) is 0 Å². The van der Waals surface area contributed by atoms with Gasteiger partial charge in [0, 0.05) is 7.11 Å².